The van der Waals surface area contributed by atoms with Crippen LogP contribution in [-0.4, -0.2) is 32.2 Å². The number of nitrogens with zero attached hydrogens (tertiary/aromatic N) is 4. The average Bonchev–Trinajstić information content (AvgIpc) is 3.33. The smallest absolute Gasteiger partial charge is 0.147 e. The van der Waals surface area contributed by atoms with E-state index in [1.165, 1.54) is 18.6 Å². The van der Waals surface area contributed by atoms with E-state index in [-0.39, 0.29) is 18.1 Å². The van der Waals surface area contributed by atoms with Crippen molar-refractivity contribution in [2.45, 2.75) is 25.2 Å². The number of anilines is 1. The summed E-state index contributed by atoms with van der Waals surface area (Å²) in [6.45, 7) is 0.430. The minimum atomic E-state index is -0.351. The fourth-order valence-corrected chi connectivity index (χ4v) is 3.59. The summed E-state index contributed by atoms with van der Waals surface area (Å²) in [6, 6.07) is 8.78. The highest BCUT2D eigenvalue weighted by atomic mass is 19.1. The molecule has 4 aromatic rings. The number of aromatic nitrogens is 4. The topological polar surface area (TPSA) is 88.1 Å². The number of hydrogen-bond acceptors (Lipinski definition) is 6. The molecule has 5 rings (SSSR count). The van der Waals surface area contributed by atoms with Gasteiger partial charge in [-0.25, -0.2) is 14.4 Å². The van der Waals surface area contributed by atoms with Crippen molar-refractivity contribution >= 4 is 27.8 Å². The van der Waals surface area contributed by atoms with Gasteiger partial charge in [0.1, 0.15) is 42.2 Å². The van der Waals surface area contributed by atoms with E-state index in [4.69, 9.17) is 15.2 Å². The van der Waals surface area contributed by atoms with E-state index in [0.717, 1.165) is 29.3 Å². The number of nitrogens with two attached hydrogens (primary N) is 1. The number of benzene rings is 1. The summed E-state index contributed by atoms with van der Waals surface area (Å²) in [5.41, 5.74) is 7.37. The Morgan fingerprint density at radius 3 is 3.04 bits per heavy atom. The average molecular weight is 379 g/mol. The van der Waals surface area contributed by atoms with Crippen molar-refractivity contribution in [1.82, 2.24) is 19.5 Å². The van der Waals surface area contributed by atoms with Crippen LogP contribution in [0.25, 0.3) is 21.9 Å². The van der Waals surface area contributed by atoms with Crippen molar-refractivity contribution in [3.05, 3.63) is 54.9 Å². The van der Waals surface area contributed by atoms with Crippen LogP contribution >= 0.6 is 0 Å². The molecule has 0 bridgehead atoms. The maximum atomic E-state index is 13.2. The van der Waals surface area contributed by atoms with E-state index in [1.807, 2.05) is 22.9 Å². The lowest BCUT2D eigenvalue weighted by atomic mass is 10.2. The number of pyridine rings is 1. The monoisotopic (exact) mass is 379 g/mol. The van der Waals surface area contributed by atoms with Crippen molar-refractivity contribution in [1.29, 1.82) is 0 Å². The molecule has 1 fully saturated rings. The molecule has 0 amide bonds. The summed E-state index contributed by atoms with van der Waals surface area (Å²) in [6.07, 6.45) is 6.19. The molecule has 2 atom stereocenters. The zero-order valence-electron chi connectivity index (χ0n) is 15.0. The van der Waals surface area contributed by atoms with Crippen LogP contribution in [0.1, 0.15) is 19.1 Å². The third kappa shape index (κ3) is 3.01. The molecule has 4 heterocycles. The fourth-order valence-electron chi connectivity index (χ4n) is 3.59. The van der Waals surface area contributed by atoms with Gasteiger partial charge in [0, 0.05) is 17.6 Å². The second-order valence-corrected chi connectivity index (χ2v) is 6.83. The number of halogens is 1. The van der Waals surface area contributed by atoms with Crippen molar-refractivity contribution < 1.29 is 13.9 Å². The van der Waals surface area contributed by atoms with Crippen LogP contribution in [0.15, 0.2) is 49.1 Å². The van der Waals surface area contributed by atoms with Crippen LogP contribution < -0.4 is 10.5 Å². The molecule has 142 valence electrons. The van der Waals surface area contributed by atoms with Gasteiger partial charge in [0.2, 0.25) is 0 Å². The SMILES string of the molecule is Nc1ncnc2c1ccn2[C@H]1CC[C@@H](COc2ccc3cc(F)cnc3c2)O1. The predicted octanol–water partition coefficient (Wildman–Crippen LogP) is 3.46. The molecule has 0 saturated carbocycles. The van der Waals surface area contributed by atoms with Crippen molar-refractivity contribution in [3.63, 3.8) is 0 Å². The van der Waals surface area contributed by atoms with E-state index < -0.39 is 0 Å². The minimum Gasteiger partial charge on any atom is -0.491 e. The molecule has 8 heteroatoms. The second-order valence-electron chi connectivity index (χ2n) is 6.83. The third-order valence-electron chi connectivity index (χ3n) is 4.99. The number of ether oxygens (including phenoxy) is 2. The quantitative estimate of drug-likeness (QED) is 0.584. The number of hydrogen-bond donors (Lipinski definition) is 1. The number of fused-ring (bicyclic) bond motifs is 2. The normalized spacial score (nSPS) is 19.5. The lowest BCUT2D eigenvalue weighted by Crippen LogP contribution is -2.18. The largest absolute Gasteiger partial charge is 0.491 e. The first-order valence-corrected chi connectivity index (χ1v) is 9.08. The highest BCUT2D eigenvalue weighted by Crippen LogP contribution is 2.32. The van der Waals surface area contributed by atoms with E-state index in [2.05, 4.69) is 15.0 Å². The van der Waals surface area contributed by atoms with Crippen LogP contribution in [0.5, 0.6) is 5.75 Å². The van der Waals surface area contributed by atoms with Gasteiger partial charge in [-0.15, -0.1) is 0 Å². The minimum absolute atomic E-state index is 0.0292. The Bertz CT molecular complexity index is 1160. The Kier molecular flexibility index (Phi) is 4.05. The second kappa shape index (κ2) is 6.72. The van der Waals surface area contributed by atoms with Crippen LogP contribution in [0.2, 0.25) is 0 Å². The molecule has 0 spiro atoms. The summed E-state index contributed by atoms with van der Waals surface area (Å²) in [5, 5.41) is 1.57. The first-order valence-electron chi connectivity index (χ1n) is 9.08. The van der Waals surface area contributed by atoms with Gasteiger partial charge in [0.25, 0.3) is 0 Å². The van der Waals surface area contributed by atoms with Crippen molar-refractivity contribution in [2.24, 2.45) is 0 Å². The lowest BCUT2D eigenvalue weighted by Gasteiger charge is -2.16. The molecule has 1 saturated heterocycles. The summed E-state index contributed by atoms with van der Waals surface area (Å²) >= 11 is 0. The molecule has 7 nitrogen and oxygen atoms in total. The molecular formula is C20H18FN5O2. The maximum Gasteiger partial charge on any atom is 0.147 e. The molecule has 28 heavy (non-hydrogen) atoms. The van der Waals surface area contributed by atoms with E-state index in [9.17, 15) is 4.39 Å². The molecule has 2 N–H and O–H groups in total. The Hall–Kier alpha value is -3.26. The van der Waals surface area contributed by atoms with Gasteiger partial charge in [-0.2, -0.15) is 0 Å². The van der Waals surface area contributed by atoms with Crippen LogP contribution in [-0.2, 0) is 4.74 Å². The highest BCUT2D eigenvalue weighted by Gasteiger charge is 2.28. The molecule has 3 aromatic heterocycles. The fraction of sp³-hybridized carbons (Fsp3) is 0.250. The Morgan fingerprint density at radius 2 is 2.11 bits per heavy atom. The van der Waals surface area contributed by atoms with Crippen LogP contribution in [0.4, 0.5) is 10.2 Å². The summed E-state index contributed by atoms with van der Waals surface area (Å²) in [5.74, 6) is 0.799. The van der Waals surface area contributed by atoms with Gasteiger partial charge in [-0.05, 0) is 37.1 Å². The Morgan fingerprint density at radius 1 is 1.18 bits per heavy atom. The standard InChI is InChI=1S/C20H18FN5O2/c21-13-7-12-1-2-14(8-17(12)23-9-13)27-10-15-3-4-18(28-15)26-6-5-16-19(22)24-11-25-20(16)26/h1-2,5-9,11,15,18H,3-4,10H2,(H2,22,24,25)/t15-,18+/m0/s1. The first kappa shape index (κ1) is 16.9. The van der Waals surface area contributed by atoms with Gasteiger partial charge >= 0.3 is 0 Å². The molecule has 0 aliphatic carbocycles. The molecule has 1 aliphatic heterocycles. The summed E-state index contributed by atoms with van der Waals surface area (Å²) < 4.78 is 27.3. The van der Waals surface area contributed by atoms with Gasteiger partial charge in [0.05, 0.1) is 23.2 Å². The van der Waals surface area contributed by atoms with Crippen molar-refractivity contribution in [3.8, 4) is 5.75 Å². The summed E-state index contributed by atoms with van der Waals surface area (Å²) in [4.78, 5) is 12.4. The molecule has 0 unspecified atom stereocenters. The van der Waals surface area contributed by atoms with Gasteiger partial charge < -0.3 is 19.8 Å². The van der Waals surface area contributed by atoms with Crippen LogP contribution in [0, 0.1) is 5.82 Å². The Labute approximate surface area is 159 Å². The van der Waals surface area contributed by atoms with Crippen LogP contribution in [0.3, 0.4) is 0 Å². The molecule has 1 aliphatic rings. The highest BCUT2D eigenvalue weighted by molar-refractivity contribution is 5.86. The summed E-state index contributed by atoms with van der Waals surface area (Å²) in [7, 11) is 0. The lowest BCUT2D eigenvalue weighted by molar-refractivity contribution is -0.0156. The van der Waals surface area contributed by atoms with Gasteiger partial charge in [-0.3, -0.25) is 4.98 Å². The molecule has 0 radical (unpaired) electrons. The molecule has 1 aromatic carbocycles. The van der Waals surface area contributed by atoms with E-state index >= 15 is 0 Å². The van der Waals surface area contributed by atoms with E-state index in [0.29, 0.717) is 23.7 Å². The maximum absolute atomic E-state index is 13.2. The predicted molar refractivity (Wildman–Crippen MR) is 102 cm³/mol. The van der Waals surface area contributed by atoms with Crippen molar-refractivity contribution in [2.75, 3.05) is 12.3 Å². The van der Waals surface area contributed by atoms with Gasteiger partial charge in [0.15, 0.2) is 0 Å². The number of rotatable bonds is 4. The molecular weight excluding hydrogens is 361 g/mol. The zero-order chi connectivity index (χ0) is 19.1. The number of nitrogen functional groups attached to an aromatic ring is 1. The van der Waals surface area contributed by atoms with Gasteiger partial charge in [-0.1, -0.05) is 0 Å². The first-order chi connectivity index (χ1) is 13.7. The Balaban J connectivity index is 1.26. The zero-order valence-corrected chi connectivity index (χ0v) is 15.0. The van der Waals surface area contributed by atoms with E-state index in [1.54, 1.807) is 12.1 Å². The third-order valence-corrected chi connectivity index (χ3v) is 4.99.